The van der Waals surface area contributed by atoms with E-state index in [2.05, 4.69) is 4.74 Å². The van der Waals surface area contributed by atoms with Gasteiger partial charge >= 0.3 is 5.97 Å². The van der Waals surface area contributed by atoms with Gasteiger partial charge in [-0.1, -0.05) is 0 Å². The maximum absolute atomic E-state index is 13.2. The van der Waals surface area contributed by atoms with Gasteiger partial charge in [0.2, 0.25) is 0 Å². The normalized spacial score (nSPS) is 42.3. The minimum Gasteiger partial charge on any atom is -0.469 e. The molecule has 1 atom stereocenters. The van der Waals surface area contributed by atoms with Crippen LogP contribution in [-0.4, -0.2) is 25.0 Å². The number of carbonyl (C=O) groups is 1. The van der Waals surface area contributed by atoms with Crippen molar-refractivity contribution >= 4 is 18.4 Å². The summed E-state index contributed by atoms with van der Waals surface area (Å²) >= 11 is 0. The molecule has 2 N–H and O–H groups in total. The quantitative estimate of drug-likeness (QED) is 0.679. The Morgan fingerprint density at radius 3 is 2.36 bits per heavy atom. The van der Waals surface area contributed by atoms with Crippen LogP contribution in [0.3, 0.4) is 0 Å². The molecule has 0 unspecified atom stereocenters. The lowest BCUT2D eigenvalue weighted by Gasteiger charge is -2.32. The first kappa shape index (κ1) is 11.7. The molecule has 3 nitrogen and oxygen atoms in total. The zero-order chi connectivity index (χ0) is 9.85. The minimum absolute atomic E-state index is 0. The molecule has 0 heterocycles. The maximum atomic E-state index is 13.2. The molecule has 82 valence electrons. The van der Waals surface area contributed by atoms with Gasteiger partial charge in [-0.25, -0.2) is 8.78 Å². The van der Waals surface area contributed by atoms with Crippen molar-refractivity contribution in [1.29, 1.82) is 0 Å². The summed E-state index contributed by atoms with van der Waals surface area (Å²) in [5.74, 6) is -4.95. The van der Waals surface area contributed by atoms with Gasteiger partial charge in [0, 0.05) is 6.04 Å². The highest BCUT2D eigenvalue weighted by Gasteiger charge is 2.86. The van der Waals surface area contributed by atoms with E-state index in [1.807, 2.05) is 0 Å². The number of carbonyl (C=O) groups excluding carboxylic acids is 1. The van der Waals surface area contributed by atoms with Gasteiger partial charge in [-0.2, -0.15) is 0 Å². The molecule has 0 amide bonds. The van der Waals surface area contributed by atoms with E-state index in [9.17, 15) is 13.6 Å². The van der Waals surface area contributed by atoms with Crippen LogP contribution < -0.4 is 5.73 Å². The first-order valence-corrected chi connectivity index (χ1v) is 4.17. The van der Waals surface area contributed by atoms with Gasteiger partial charge in [0.25, 0.3) is 5.92 Å². The number of nitrogens with two attached hydrogens (primary N) is 1. The van der Waals surface area contributed by atoms with E-state index in [4.69, 9.17) is 5.73 Å². The lowest BCUT2D eigenvalue weighted by atomic mass is 9.75. The molecule has 2 aliphatic rings. The van der Waals surface area contributed by atoms with Crippen molar-refractivity contribution < 1.29 is 18.3 Å². The van der Waals surface area contributed by atoms with Crippen molar-refractivity contribution in [2.24, 2.45) is 17.1 Å². The fourth-order valence-corrected chi connectivity index (χ4v) is 2.38. The van der Waals surface area contributed by atoms with Crippen LogP contribution in [0.4, 0.5) is 8.78 Å². The van der Waals surface area contributed by atoms with E-state index in [-0.39, 0.29) is 31.3 Å². The average molecular weight is 228 g/mol. The Balaban J connectivity index is 0.000000980. The van der Waals surface area contributed by atoms with Crippen molar-refractivity contribution in [1.82, 2.24) is 0 Å². The molecule has 0 aromatic carbocycles. The number of hydrogen-bond donors (Lipinski definition) is 1. The molecule has 0 bridgehead atoms. The molecule has 0 saturated heterocycles. The van der Waals surface area contributed by atoms with E-state index in [1.165, 1.54) is 0 Å². The van der Waals surface area contributed by atoms with Gasteiger partial charge in [0.05, 0.1) is 12.5 Å². The first-order valence-electron chi connectivity index (χ1n) is 4.17. The fraction of sp³-hybridized carbons (Fsp3) is 0.875. The Morgan fingerprint density at radius 1 is 1.50 bits per heavy atom. The Kier molecular flexibility index (Phi) is 2.53. The summed E-state index contributed by atoms with van der Waals surface area (Å²) in [6, 6.07) is -0.180. The van der Waals surface area contributed by atoms with E-state index in [1.54, 1.807) is 0 Å². The number of esters is 1. The summed E-state index contributed by atoms with van der Waals surface area (Å²) in [5, 5.41) is 0. The van der Waals surface area contributed by atoms with Crippen molar-refractivity contribution in [3.63, 3.8) is 0 Å². The Bertz CT molecular complexity index is 266. The van der Waals surface area contributed by atoms with Gasteiger partial charge in [0.1, 0.15) is 5.92 Å². The van der Waals surface area contributed by atoms with Gasteiger partial charge in [-0.3, -0.25) is 4.79 Å². The minimum atomic E-state index is -2.89. The standard InChI is InChI=1S/C8H11F2NO2.ClH/c1-13-6(12)5-7(8(5,9)10)2-4(11)3-7;/h4-5H,2-3,11H2,1H3;1H/t4?,5-,7?;/m0./s1. The Hall–Kier alpha value is -0.420. The second kappa shape index (κ2) is 3.03. The van der Waals surface area contributed by atoms with E-state index < -0.39 is 23.2 Å². The molecule has 2 saturated carbocycles. The van der Waals surface area contributed by atoms with Gasteiger partial charge in [-0.05, 0) is 12.8 Å². The summed E-state index contributed by atoms with van der Waals surface area (Å²) in [4.78, 5) is 11.0. The molecule has 0 aliphatic heterocycles. The highest BCUT2D eigenvalue weighted by atomic mass is 35.5. The molecule has 2 aliphatic carbocycles. The van der Waals surface area contributed by atoms with Gasteiger partial charge < -0.3 is 10.5 Å². The summed E-state index contributed by atoms with van der Waals surface area (Å²) < 4.78 is 30.6. The molecule has 2 fully saturated rings. The molecule has 0 aromatic heterocycles. The fourth-order valence-electron chi connectivity index (χ4n) is 2.38. The molecule has 0 aromatic rings. The summed E-state index contributed by atoms with van der Waals surface area (Å²) in [7, 11) is 1.13. The third-order valence-electron chi connectivity index (χ3n) is 3.19. The summed E-state index contributed by atoms with van der Waals surface area (Å²) in [6.45, 7) is 0. The SMILES string of the molecule is COC(=O)[C@@H]1C(F)(F)C12CC(N)C2.Cl. The third-order valence-corrected chi connectivity index (χ3v) is 3.19. The molecule has 14 heavy (non-hydrogen) atoms. The number of ether oxygens (including phenoxy) is 1. The van der Waals surface area contributed by atoms with Crippen LogP contribution in [0.5, 0.6) is 0 Å². The zero-order valence-corrected chi connectivity index (χ0v) is 8.44. The predicted molar refractivity (Wildman–Crippen MR) is 47.3 cm³/mol. The second-order valence-corrected chi connectivity index (χ2v) is 3.90. The average Bonchev–Trinajstić information content (AvgIpc) is 2.47. The van der Waals surface area contributed by atoms with Crippen molar-refractivity contribution in [2.45, 2.75) is 24.8 Å². The molecular formula is C8H12ClF2NO2. The van der Waals surface area contributed by atoms with Gasteiger partial charge in [0.15, 0.2) is 0 Å². The van der Waals surface area contributed by atoms with Crippen molar-refractivity contribution in [2.75, 3.05) is 7.11 Å². The van der Waals surface area contributed by atoms with Gasteiger partial charge in [-0.15, -0.1) is 12.4 Å². The summed E-state index contributed by atoms with van der Waals surface area (Å²) in [5.41, 5.74) is 4.28. The molecular weight excluding hydrogens is 216 g/mol. The number of halogens is 3. The van der Waals surface area contributed by atoms with Crippen LogP contribution in [0.1, 0.15) is 12.8 Å². The highest BCUT2D eigenvalue weighted by Crippen LogP contribution is 2.75. The predicted octanol–water partition coefficient (Wildman–Crippen LogP) is 0.954. The second-order valence-electron chi connectivity index (χ2n) is 3.90. The smallest absolute Gasteiger partial charge is 0.315 e. The van der Waals surface area contributed by atoms with E-state index in [0.29, 0.717) is 0 Å². The molecule has 2 rings (SSSR count). The molecule has 0 radical (unpaired) electrons. The van der Waals surface area contributed by atoms with E-state index >= 15 is 0 Å². The lowest BCUT2D eigenvalue weighted by Crippen LogP contribution is -2.41. The highest BCUT2D eigenvalue weighted by molar-refractivity contribution is 5.85. The summed E-state index contributed by atoms with van der Waals surface area (Å²) in [6.07, 6.45) is 0.472. The lowest BCUT2D eigenvalue weighted by molar-refractivity contribution is -0.145. The zero-order valence-electron chi connectivity index (χ0n) is 7.63. The van der Waals surface area contributed by atoms with Crippen LogP contribution >= 0.6 is 12.4 Å². The molecule has 1 spiro atoms. The van der Waals surface area contributed by atoms with Crippen LogP contribution in [0.15, 0.2) is 0 Å². The topological polar surface area (TPSA) is 52.3 Å². The monoisotopic (exact) mass is 227 g/mol. The van der Waals surface area contributed by atoms with Crippen LogP contribution in [-0.2, 0) is 9.53 Å². The van der Waals surface area contributed by atoms with E-state index in [0.717, 1.165) is 7.11 Å². The van der Waals surface area contributed by atoms with Crippen LogP contribution in [0, 0.1) is 11.3 Å². The van der Waals surface area contributed by atoms with Crippen molar-refractivity contribution in [3.05, 3.63) is 0 Å². The third kappa shape index (κ3) is 1.08. The number of rotatable bonds is 1. The number of methoxy groups -OCH3 is 1. The maximum Gasteiger partial charge on any atom is 0.315 e. The van der Waals surface area contributed by atoms with Crippen LogP contribution in [0.25, 0.3) is 0 Å². The number of alkyl halides is 2. The largest absolute Gasteiger partial charge is 0.469 e. The Labute approximate surface area is 86.4 Å². The van der Waals surface area contributed by atoms with Crippen LogP contribution in [0.2, 0.25) is 0 Å². The van der Waals surface area contributed by atoms with Crippen molar-refractivity contribution in [3.8, 4) is 0 Å². The first-order chi connectivity index (χ1) is 5.95. The molecule has 6 heteroatoms. The Morgan fingerprint density at radius 2 is 2.00 bits per heavy atom. The number of hydrogen-bond acceptors (Lipinski definition) is 3.